The Bertz CT molecular complexity index is 199. The number of nitrogens with zero attached hydrogens (tertiary/aromatic N) is 1. The van der Waals surface area contributed by atoms with Gasteiger partial charge in [0.1, 0.15) is 0 Å². The van der Waals surface area contributed by atoms with Crippen molar-refractivity contribution in [2.24, 2.45) is 0 Å². The average molecular weight is 215 g/mol. The Morgan fingerprint density at radius 1 is 1.29 bits per heavy atom. The number of rotatable bonds is 2. The highest BCUT2D eigenvalue weighted by molar-refractivity contribution is 4.93. The van der Waals surface area contributed by atoms with E-state index in [2.05, 4.69) is 0 Å². The standard InChI is InChI=1S/C7H12F3NO3/c8-7(9,10)3-11-1-5(13)6(14)4(11)2-12/h4-6,12-14H,1-3H2. The zero-order chi connectivity index (χ0) is 10.9. The van der Waals surface area contributed by atoms with Gasteiger partial charge in [-0.1, -0.05) is 0 Å². The molecular formula is C7H12F3NO3. The van der Waals surface area contributed by atoms with E-state index in [0.29, 0.717) is 0 Å². The quantitative estimate of drug-likeness (QED) is 0.550. The summed E-state index contributed by atoms with van der Waals surface area (Å²) in [7, 11) is 0. The van der Waals surface area contributed by atoms with Gasteiger partial charge >= 0.3 is 6.18 Å². The molecule has 0 spiro atoms. The van der Waals surface area contributed by atoms with Crippen molar-refractivity contribution in [2.75, 3.05) is 19.7 Å². The lowest BCUT2D eigenvalue weighted by Crippen LogP contribution is -2.43. The first kappa shape index (κ1) is 11.7. The number of hydrogen-bond donors (Lipinski definition) is 3. The molecule has 1 saturated heterocycles. The van der Waals surface area contributed by atoms with Gasteiger partial charge in [0.05, 0.1) is 31.4 Å². The van der Waals surface area contributed by atoms with Crippen molar-refractivity contribution in [2.45, 2.75) is 24.4 Å². The Kier molecular flexibility index (Phi) is 3.36. The van der Waals surface area contributed by atoms with Crippen LogP contribution in [0.1, 0.15) is 0 Å². The number of β-amino-alcohol motifs (C(OH)–C–C–N with tert-alkyl or cyclic N) is 1. The SMILES string of the molecule is OCC1C(O)C(O)CN1CC(F)(F)F. The van der Waals surface area contributed by atoms with E-state index in [1.165, 1.54) is 0 Å². The largest absolute Gasteiger partial charge is 0.401 e. The molecule has 4 nitrogen and oxygen atoms in total. The van der Waals surface area contributed by atoms with Crippen molar-refractivity contribution in [3.63, 3.8) is 0 Å². The lowest BCUT2D eigenvalue weighted by molar-refractivity contribution is -0.150. The first-order valence-corrected chi connectivity index (χ1v) is 4.13. The minimum absolute atomic E-state index is 0.272. The zero-order valence-corrected chi connectivity index (χ0v) is 7.28. The molecule has 3 unspecified atom stereocenters. The molecular weight excluding hydrogens is 203 g/mol. The van der Waals surface area contributed by atoms with Crippen LogP contribution in [0.3, 0.4) is 0 Å². The van der Waals surface area contributed by atoms with Gasteiger partial charge in [-0.2, -0.15) is 13.2 Å². The van der Waals surface area contributed by atoms with Gasteiger partial charge in [0.15, 0.2) is 0 Å². The molecule has 0 amide bonds. The third-order valence-electron chi connectivity index (χ3n) is 2.25. The summed E-state index contributed by atoms with van der Waals surface area (Å²) in [6.45, 7) is -2.10. The average Bonchev–Trinajstić information content (AvgIpc) is 2.24. The molecule has 14 heavy (non-hydrogen) atoms. The van der Waals surface area contributed by atoms with E-state index in [-0.39, 0.29) is 6.54 Å². The predicted molar refractivity (Wildman–Crippen MR) is 40.5 cm³/mol. The lowest BCUT2D eigenvalue weighted by atomic mass is 10.1. The van der Waals surface area contributed by atoms with Gasteiger partial charge in [-0.3, -0.25) is 4.90 Å². The number of likely N-dealkylation sites (tertiary alicyclic amines) is 1. The van der Waals surface area contributed by atoms with Crippen LogP contribution >= 0.6 is 0 Å². The monoisotopic (exact) mass is 215 g/mol. The van der Waals surface area contributed by atoms with E-state index in [0.717, 1.165) is 4.90 Å². The summed E-state index contributed by atoms with van der Waals surface area (Å²) in [6.07, 6.45) is -6.94. The van der Waals surface area contributed by atoms with E-state index < -0.39 is 37.6 Å². The second-order valence-electron chi connectivity index (χ2n) is 3.35. The Morgan fingerprint density at radius 3 is 2.29 bits per heavy atom. The van der Waals surface area contributed by atoms with Gasteiger partial charge in [-0.05, 0) is 0 Å². The van der Waals surface area contributed by atoms with Crippen molar-refractivity contribution in [3.8, 4) is 0 Å². The molecule has 1 aliphatic heterocycles. The molecule has 0 saturated carbocycles. The maximum Gasteiger partial charge on any atom is 0.401 e. The number of aliphatic hydroxyl groups is 3. The van der Waals surface area contributed by atoms with Crippen molar-refractivity contribution in [1.82, 2.24) is 4.90 Å². The van der Waals surface area contributed by atoms with Gasteiger partial charge in [-0.15, -0.1) is 0 Å². The summed E-state index contributed by atoms with van der Waals surface area (Å²) in [6, 6.07) is -1.04. The maximum atomic E-state index is 12.0. The minimum Gasteiger partial charge on any atom is -0.395 e. The van der Waals surface area contributed by atoms with E-state index >= 15 is 0 Å². The molecule has 1 aliphatic rings. The van der Waals surface area contributed by atoms with Crippen LogP contribution in [-0.2, 0) is 0 Å². The topological polar surface area (TPSA) is 63.9 Å². The summed E-state index contributed by atoms with van der Waals surface area (Å²) < 4.78 is 36.0. The van der Waals surface area contributed by atoms with Crippen LogP contribution in [0, 0.1) is 0 Å². The van der Waals surface area contributed by atoms with Gasteiger partial charge in [0, 0.05) is 6.54 Å². The maximum absolute atomic E-state index is 12.0. The van der Waals surface area contributed by atoms with Crippen LogP contribution in [0.15, 0.2) is 0 Å². The van der Waals surface area contributed by atoms with Crippen LogP contribution in [0.25, 0.3) is 0 Å². The Morgan fingerprint density at radius 2 is 1.86 bits per heavy atom. The number of halogens is 3. The molecule has 1 heterocycles. The molecule has 0 bridgehead atoms. The van der Waals surface area contributed by atoms with Crippen LogP contribution in [0.5, 0.6) is 0 Å². The molecule has 3 N–H and O–H groups in total. The molecule has 0 aliphatic carbocycles. The highest BCUT2D eigenvalue weighted by Gasteiger charge is 2.44. The van der Waals surface area contributed by atoms with Crippen LogP contribution in [-0.4, -0.2) is 64.3 Å². The Labute approximate surface area is 78.6 Å². The smallest absolute Gasteiger partial charge is 0.395 e. The van der Waals surface area contributed by atoms with E-state index in [1.807, 2.05) is 0 Å². The summed E-state index contributed by atoms with van der Waals surface area (Å²) in [5, 5.41) is 27.0. The Hall–Kier alpha value is -0.370. The summed E-state index contributed by atoms with van der Waals surface area (Å²) in [4.78, 5) is 0.829. The van der Waals surface area contributed by atoms with Gasteiger partial charge in [0.2, 0.25) is 0 Å². The summed E-state index contributed by atoms with van der Waals surface area (Å²) in [5.41, 5.74) is 0. The number of aliphatic hydroxyl groups excluding tert-OH is 3. The van der Waals surface area contributed by atoms with Crippen LogP contribution in [0.4, 0.5) is 13.2 Å². The third-order valence-corrected chi connectivity index (χ3v) is 2.25. The van der Waals surface area contributed by atoms with Crippen molar-refractivity contribution < 1.29 is 28.5 Å². The minimum atomic E-state index is -4.39. The predicted octanol–water partition coefficient (Wildman–Crippen LogP) is -1.05. The molecule has 0 aromatic heterocycles. The number of alkyl halides is 3. The lowest BCUT2D eigenvalue weighted by Gasteiger charge is -2.24. The van der Waals surface area contributed by atoms with Crippen LogP contribution in [0.2, 0.25) is 0 Å². The molecule has 7 heteroatoms. The van der Waals surface area contributed by atoms with E-state index in [9.17, 15) is 18.3 Å². The van der Waals surface area contributed by atoms with Crippen molar-refractivity contribution >= 4 is 0 Å². The fourth-order valence-electron chi connectivity index (χ4n) is 1.59. The second-order valence-corrected chi connectivity index (χ2v) is 3.35. The van der Waals surface area contributed by atoms with Crippen molar-refractivity contribution in [1.29, 1.82) is 0 Å². The molecule has 84 valence electrons. The fraction of sp³-hybridized carbons (Fsp3) is 1.00. The molecule has 0 aromatic rings. The molecule has 0 radical (unpaired) electrons. The normalized spacial score (nSPS) is 35.1. The summed E-state index contributed by atoms with van der Waals surface area (Å²) in [5.74, 6) is 0. The fourth-order valence-corrected chi connectivity index (χ4v) is 1.59. The second kappa shape index (κ2) is 4.01. The Balaban J connectivity index is 2.61. The van der Waals surface area contributed by atoms with Gasteiger partial charge < -0.3 is 15.3 Å². The summed E-state index contributed by atoms with van der Waals surface area (Å²) >= 11 is 0. The highest BCUT2D eigenvalue weighted by atomic mass is 19.4. The van der Waals surface area contributed by atoms with E-state index in [4.69, 9.17) is 10.2 Å². The van der Waals surface area contributed by atoms with Crippen molar-refractivity contribution in [3.05, 3.63) is 0 Å². The molecule has 0 aromatic carbocycles. The van der Waals surface area contributed by atoms with Crippen LogP contribution < -0.4 is 0 Å². The molecule has 1 rings (SSSR count). The molecule has 3 atom stereocenters. The highest BCUT2D eigenvalue weighted by Crippen LogP contribution is 2.24. The van der Waals surface area contributed by atoms with E-state index in [1.54, 1.807) is 0 Å². The number of hydrogen-bond acceptors (Lipinski definition) is 4. The first-order chi connectivity index (χ1) is 6.35. The zero-order valence-electron chi connectivity index (χ0n) is 7.28. The third kappa shape index (κ3) is 2.57. The molecule has 1 fully saturated rings. The van der Waals surface area contributed by atoms with Gasteiger partial charge in [0.25, 0.3) is 0 Å². The van der Waals surface area contributed by atoms with Gasteiger partial charge in [-0.25, -0.2) is 0 Å². The first-order valence-electron chi connectivity index (χ1n) is 4.13.